The van der Waals surface area contributed by atoms with Gasteiger partial charge in [0.1, 0.15) is 0 Å². The highest BCUT2D eigenvalue weighted by molar-refractivity contribution is 7.10. The Morgan fingerprint density at radius 1 is 1.73 bits per heavy atom. The molecule has 0 saturated heterocycles. The van der Waals surface area contributed by atoms with Gasteiger partial charge in [-0.15, -0.1) is 11.3 Å². The molecule has 5 N–H and O–H groups in total. The minimum Gasteiger partial charge on any atom is -0.409 e. The maximum absolute atomic E-state index is 8.35. The minimum atomic E-state index is 0.117. The van der Waals surface area contributed by atoms with E-state index in [1.54, 1.807) is 6.07 Å². The SMILES string of the molecule is NCc1sccc1C(N)=NO. The fourth-order valence-electron chi connectivity index (χ4n) is 0.781. The van der Waals surface area contributed by atoms with Crippen LogP contribution in [0.3, 0.4) is 0 Å². The van der Waals surface area contributed by atoms with Crippen molar-refractivity contribution in [2.24, 2.45) is 16.6 Å². The Hall–Kier alpha value is -1.07. The van der Waals surface area contributed by atoms with Gasteiger partial charge in [0.25, 0.3) is 0 Å². The molecule has 1 aromatic rings. The number of nitrogens with zero attached hydrogens (tertiary/aromatic N) is 1. The third-order valence-electron chi connectivity index (χ3n) is 1.31. The van der Waals surface area contributed by atoms with E-state index in [9.17, 15) is 0 Å². The molecular formula is C6H9N3OS. The van der Waals surface area contributed by atoms with Crippen LogP contribution in [0.25, 0.3) is 0 Å². The Labute approximate surface area is 68.1 Å². The quantitative estimate of drug-likeness (QED) is 0.259. The van der Waals surface area contributed by atoms with Crippen LogP contribution in [0.1, 0.15) is 10.4 Å². The molecule has 0 atom stereocenters. The lowest BCUT2D eigenvalue weighted by atomic mass is 10.2. The Morgan fingerprint density at radius 3 is 3.00 bits per heavy atom. The second kappa shape index (κ2) is 3.36. The first-order valence-electron chi connectivity index (χ1n) is 3.04. The second-order valence-electron chi connectivity index (χ2n) is 1.95. The molecule has 1 heterocycles. The maximum Gasteiger partial charge on any atom is 0.171 e. The summed E-state index contributed by atoms with van der Waals surface area (Å²) in [6.45, 7) is 0.420. The van der Waals surface area contributed by atoms with Crippen molar-refractivity contribution >= 4 is 17.2 Å². The van der Waals surface area contributed by atoms with Crippen molar-refractivity contribution in [1.82, 2.24) is 0 Å². The number of oxime groups is 1. The molecule has 0 fully saturated rings. The topological polar surface area (TPSA) is 84.6 Å². The molecule has 0 radical (unpaired) electrons. The molecule has 0 saturated carbocycles. The summed E-state index contributed by atoms with van der Waals surface area (Å²) in [4.78, 5) is 0.931. The predicted octanol–water partition coefficient (Wildman–Crippen LogP) is 0.301. The Bertz CT molecular complexity index is 269. The van der Waals surface area contributed by atoms with Crippen LogP contribution < -0.4 is 11.5 Å². The molecule has 5 heteroatoms. The lowest BCUT2D eigenvalue weighted by Gasteiger charge is -1.96. The van der Waals surface area contributed by atoms with E-state index in [-0.39, 0.29) is 5.84 Å². The average Bonchev–Trinajstić information content (AvgIpc) is 2.50. The number of hydrogen-bond donors (Lipinski definition) is 3. The second-order valence-corrected chi connectivity index (χ2v) is 2.95. The zero-order valence-electron chi connectivity index (χ0n) is 5.82. The normalized spacial score (nSPS) is 11.9. The molecular weight excluding hydrogens is 162 g/mol. The van der Waals surface area contributed by atoms with E-state index in [1.807, 2.05) is 5.38 Å². The number of amidine groups is 1. The van der Waals surface area contributed by atoms with Crippen molar-refractivity contribution in [3.8, 4) is 0 Å². The molecule has 4 nitrogen and oxygen atoms in total. The average molecular weight is 171 g/mol. The van der Waals surface area contributed by atoms with Crippen molar-refractivity contribution in [2.45, 2.75) is 6.54 Å². The monoisotopic (exact) mass is 171 g/mol. The summed E-state index contributed by atoms with van der Waals surface area (Å²) in [5, 5.41) is 13.1. The summed E-state index contributed by atoms with van der Waals surface area (Å²) < 4.78 is 0. The van der Waals surface area contributed by atoms with Gasteiger partial charge in [0.05, 0.1) is 0 Å². The molecule has 0 unspecified atom stereocenters. The van der Waals surface area contributed by atoms with Gasteiger partial charge in [-0.2, -0.15) is 0 Å². The van der Waals surface area contributed by atoms with Crippen LogP contribution in [0.4, 0.5) is 0 Å². The van der Waals surface area contributed by atoms with Crippen LogP contribution in [-0.2, 0) is 6.54 Å². The Kier molecular flexibility index (Phi) is 2.45. The highest BCUT2D eigenvalue weighted by atomic mass is 32.1. The molecule has 0 aromatic carbocycles. The minimum absolute atomic E-state index is 0.117. The van der Waals surface area contributed by atoms with Gasteiger partial charge in [0.2, 0.25) is 0 Å². The number of thiophene rings is 1. The van der Waals surface area contributed by atoms with E-state index in [0.29, 0.717) is 6.54 Å². The van der Waals surface area contributed by atoms with Crippen LogP contribution >= 0.6 is 11.3 Å². The highest BCUT2D eigenvalue weighted by Crippen LogP contribution is 2.15. The first-order valence-corrected chi connectivity index (χ1v) is 3.92. The molecule has 0 bridgehead atoms. The zero-order valence-corrected chi connectivity index (χ0v) is 6.64. The van der Waals surface area contributed by atoms with Gasteiger partial charge in [-0.3, -0.25) is 0 Å². The number of hydrogen-bond acceptors (Lipinski definition) is 4. The molecule has 11 heavy (non-hydrogen) atoms. The van der Waals surface area contributed by atoms with E-state index in [2.05, 4.69) is 5.16 Å². The summed E-state index contributed by atoms with van der Waals surface area (Å²) in [6.07, 6.45) is 0. The van der Waals surface area contributed by atoms with E-state index in [4.69, 9.17) is 16.7 Å². The van der Waals surface area contributed by atoms with Crippen LogP contribution in [0, 0.1) is 0 Å². The first kappa shape index (κ1) is 8.03. The van der Waals surface area contributed by atoms with Crippen molar-refractivity contribution in [3.05, 3.63) is 21.9 Å². The molecule has 0 aliphatic carbocycles. The zero-order chi connectivity index (χ0) is 8.27. The maximum atomic E-state index is 8.35. The van der Waals surface area contributed by atoms with E-state index in [1.165, 1.54) is 11.3 Å². The van der Waals surface area contributed by atoms with Crippen molar-refractivity contribution < 1.29 is 5.21 Å². The lowest BCUT2D eigenvalue weighted by Crippen LogP contribution is -2.14. The van der Waals surface area contributed by atoms with Crippen LogP contribution in [0.5, 0.6) is 0 Å². The molecule has 0 amide bonds. The summed E-state index contributed by atoms with van der Waals surface area (Å²) in [5.74, 6) is 0.117. The lowest BCUT2D eigenvalue weighted by molar-refractivity contribution is 0.318. The smallest absolute Gasteiger partial charge is 0.171 e. The van der Waals surface area contributed by atoms with E-state index >= 15 is 0 Å². The van der Waals surface area contributed by atoms with E-state index in [0.717, 1.165) is 10.4 Å². The summed E-state index contributed by atoms with van der Waals surface area (Å²) in [7, 11) is 0. The highest BCUT2D eigenvalue weighted by Gasteiger charge is 2.05. The standard InChI is InChI=1S/C6H9N3OS/c7-3-5-4(1-2-11-5)6(8)9-10/h1-2,10H,3,7H2,(H2,8,9). The number of rotatable bonds is 2. The molecule has 60 valence electrons. The van der Waals surface area contributed by atoms with Crippen molar-refractivity contribution in [3.63, 3.8) is 0 Å². The number of nitrogens with two attached hydrogens (primary N) is 2. The van der Waals surface area contributed by atoms with Gasteiger partial charge >= 0.3 is 0 Å². The summed E-state index contributed by atoms with van der Waals surface area (Å²) in [5.41, 5.74) is 11.5. The van der Waals surface area contributed by atoms with Gasteiger partial charge < -0.3 is 16.7 Å². The Balaban J connectivity index is 3.02. The van der Waals surface area contributed by atoms with E-state index < -0.39 is 0 Å². The van der Waals surface area contributed by atoms with Crippen molar-refractivity contribution in [1.29, 1.82) is 0 Å². The fraction of sp³-hybridized carbons (Fsp3) is 0.167. The van der Waals surface area contributed by atoms with Gasteiger partial charge in [-0.05, 0) is 11.4 Å². The van der Waals surface area contributed by atoms with Gasteiger partial charge in [0, 0.05) is 17.0 Å². The molecule has 0 aliphatic rings. The first-order chi connectivity index (χ1) is 5.29. The summed E-state index contributed by atoms with van der Waals surface area (Å²) in [6, 6.07) is 1.78. The third-order valence-corrected chi connectivity index (χ3v) is 2.26. The van der Waals surface area contributed by atoms with Crippen LogP contribution in [0.2, 0.25) is 0 Å². The Morgan fingerprint density at radius 2 is 2.45 bits per heavy atom. The molecule has 1 aromatic heterocycles. The third kappa shape index (κ3) is 1.50. The molecule has 0 aliphatic heterocycles. The fourth-order valence-corrected chi connectivity index (χ4v) is 1.54. The van der Waals surface area contributed by atoms with Crippen molar-refractivity contribution in [2.75, 3.05) is 0 Å². The summed E-state index contributed by atoms with van der Waals surface area (Å²) >= 11 is 1.50. The van der Waals surface area contributed by atoms with Gasteiger partial charge in [-0.25, -0.2) is 0 Å². The largest absolute Gasteiger partial charge is 0.409 e. The van der Waals surface area contributed by atoms with Gasteiger partial charge in [0.15, 0.2) is 5.84 Å². The van der Waals surface area contributed by atoms with Crippen LogP contribution in [0.15, 0.2) is 16.6 Å². The van der Waals surface area contributed by atoms with Crippen LogP contribution in [-0.4, -0.2) is 11.0 Å². The molecule has 1 rings (SSSR count). The van der Waals surface area contributed by atoms with Gasteiger partial charge in [-0.1, -0.05) is 5.16 Å². The predicted molar refractivity (Wildman–Crippen MR) is 44.7 cm³/mol. The molecule has 0 spiro atoms.